The van der Waals surface area contributed by atoms with E-state index < -0.39 is 0 Å². The summed E-state index contributed by atoms with van der Waals surface area (Å²) >= 11 is 0. The predicted molar refractivity (Wildman–Crippen MR) is 184 cm³/mol. The number of furan rings is 1. The van der Waals surface area contributed by atoms with Crippen LogP contribution in [0, 0.1) is 18.3 Å². The number of aromatic nitrogens is 3. The van der Waals surface area contributed by atoms with E-state index >= 15 is 0 Å². The van der Waals surface area contributed by atoms with Gasteiger partial charge in [-0.3, -0.25) is 0 Å². The topological polar surface area (TPSA) is 75.6 Å². The Kier molecular flexibility index (Phi) is 6.67. The van der Waals surface area contributed by atoms with E-state index in [1.807, 2.05) is 84.9 Å². The number of nitrogens with zero attached hydrogens (tertiary/aromatic N) is 4. The molecule has 0 aliphatic heterocycles. The molecule has 46 heavy (non-hydrogen) atoms. The molecule has 0 saturated carbocycles. The normalized spacial score (nSPS) is 11.1. The number of hydrogen-bond acceptors (Lipinski definition) is 5. The first-order chi connectivity index (χ1) is 22.7. The van der Waals surface area contributed by atoms with Crippen molar-refractivity contribution in [2.24, 2.45) is 0 Å². The highest BCUT2D eigenvalue weighted by Gasteiger charge is 2.22. The Labute approximate surface area is 266 Å². The maximum absolute atomic E-state index is 9.68. The van der Waals surface area contributed by atoms with Crippen LogP contribution < -0.4 is 0 Å². The monoisotopic (exact) mass is 590 g/mol. The van der Waals surface area contributed by atoms with Crippen molar-refractivity contribution < 1.29 is 4.42 Å². The molecule has 0 fully saturated rings. The molecule has 0 N–H and O–H groups in total. The van der Waals surface area contributed by atoms with Gasteiger partial charge < -0.3 is 4.42 Å². The van der Waals surface area contributed by atoms with Gasteiger partial charge in [0, 0.05) is 21.9 Å². The number of fused-ring (bicyclic) bond motifs is 3. The minimum absolute atomic E-state index is 0.531. The minimum atomic E-state index is 0.531. The first-order valence-electron chi connectivity index (χ1n) is 15.1. The zero-order valence-electron chi connectivity index (χ0n) is 25.0. The fourth-order valence-electron chi connectivity index (χ4n) is 6.03. The highest BCUT2D eigenvalue weighted by molar-refractivity contribution is 6.12. The van der Waals surface area contributed by atoms with Crippen LogP contribution in [-0.4, -0.2) is 15.0 Å². The summed E-state index contributed by atoms with van der Waals surface area (Å²) in [5.41, 5.74) is 9.69. The lowest BCUT2D eigenvalue weighted by atomic mass is 9.93. The molecule has 0 atom stereocenters. The number of aryl methyl sites for hydroxylation is 1. The highest BCUT2D eigenvalue weighted by atomic mass is 16.3. The van der Waals surface area contributed by atoms with E-state index in [-0.39, 0.29) is 0 Å². The van der Waals surface area contributed by atoms with Crippen LogP contribution in [0.15, 0.2) is 144 Å². The molecule has 0 aliphatic rings. The number of rotatable bonds is 5. The lowest BCUT2D eigenvalue weighted by Crippen LogP contribution is -2.01. The van der Waals surface area contributed by atoms with E-state index in [0.29, 0.717) is 23.0 Å². The van der Waals surface area contributed by atoms with Crippen molar-refractivity contribution >= 4 is 21.9 Å². The van der Waals surface area contributed by atoms with Gasteiger partial charge in [-0.1, -0.05) is 121 Å². The highest BCUT2D eigenvalue weighted by Crippen LogP contribution is 2.42. The Bertz CT molecular complexity index is 2440. The van der Waals surface area contributed by atoms with E-state index in [2.05, 4.69) is 67.6 Å². The van der Waals surface area contributed by atoms with Gasteiger partial charge in [0.05, 0.1) is 17.2 Å². The van der Waals surface area contributed by atoms with Gasteiger partial charge in [-0.15, -0.1) is 0 Å². The van der Waals surface area contributed by atoms with Crippen molar-refractivity contribution in [3.8, 4) is 62.5 Å². The molecule has 8 aromatic rings. The fraction of sp³-hybridized carbons (Fsp3) is 0.0244. The summed E-state index contributed by atoms with van der Waals surface area (Å²) in [4.78, 5) is 15.2. The summed E-state index contributed by atoms with van der Waals surface area (Å²) in [5, 5.41) is 11.7. The molecule has 2 aromatic heterocycles. The van der Waals surface area contributed by atoms with Gasteiger partial charge in [-0.25, -0.2) is 15.0 Å². The number of hydrogen-bond donors (Lipinski definition) is 0. The molecule has 6 aromatic carbocycles. The summed E-state index contributed by atoms with van der Waals surface area (Å²) in [7, 11) is 0. The molecule has 216 valence electrons. The zero-order valence-corrected chi connectivity index (χ0v) is 25.0. The summed E-state index contributed by atoms with van der Waals surface area (Å²) < 4.78 is 6.60. The van der Waals surface area contributed by atoms with Crippen molar-refractivity contribution in [2.75, 3.05) is 0 Å². The second kappa shape index (κ2) is 11.3. The van der Waals surface area contributed by atoms with Crippen molar-refractivity contribution in [1.82, 2.24) is 15.0 Å². The first-order valence-corrected chi connectivity index (χ1v) is 15.1. The van der Waals surface area contributed by atoms with Crippen LogP contribution in [0.25, 0.3) is 78.4 Å². The van der Waals surface area contributed by atoms with E-state index in [0.717, 1.165) is 66.4 Å². The molecule has 0 bridgehead atoms. The van der Waals surface area contributed by atoms with Crippen LogP contribution in [0.2, 0.25) is 0 Å². The van der Waals surface area contributed by atoms with Gasteiger partial charge in [0.25, 0.3) is 0 Å². The Morgan fingerprint density at radius 3 is 1.96 bits per heavy atom. The second-order valence-electron chi connectivity index (χ2n) is 11.2. The third kappa shape index (κ3) is 4.79. The van der Waals surface area contributed by atoms with Crippen LogP contribution in [-0.2, 0) is 0 Å². The lowest BCUT2D eigenvalue weighted by Gasteiger charge is -2.13. The van der Waals surface area contributed by atoms with E-state index in [4.69, 9.17) is 19.4 Å². The van der Waals surface area contributed by atoms with E-state index in [9.17, 15) is 5.26 Å². The molecule has 8 rings (SSSR count). The molecule has 2 heterocycles. The summed E-state index contributed by atoms with van der Waals surface area (Å²) in [6.07, 6.45) is 0. The van der Waals surface area contributed by atoms with Gasteiger partial charge >= 0.3 is 0 Å². The molecular weight excluding hydrogens is 564 g/mol. The molecule has 0 saturated heterocycles. The Hall–Kier alpha value is -6.38. The second-order valence-corrected chi connectivity index (χ2v) is 11.2. The molecule has 0 radical (unpaired) electrons. The maximum atomic E-state index is 9.68. The summed E-state index contributed by atoms with van der Waals surface area (Å²) in [6, 6.07) is 48.7. The van der Waals surface area contributed by atoms with Gasteiger partial charge in [0.1, 0.15) is 11.2 Å². The van der Waals surface area contributed by atoms with Crippen molar-refractivity contribution in [2.45, 2.75) is 6.92 Å². The zero-order chi connectivity index (χ0) is 31.0. The molecular formula is C41H26N4O. The van der Waals surface area contributed by atoms with Crippen LogP contribution >= 0.6 is 0 Å². The predicted octanol–water partition coefficient (Wildman–Crippen LogP) is 10.3. The van der Waals surface area contributed by atoms with Crippen molar-refractivity contribution in [1.29, 1.82) is 5.26 Å². The van der Waals surface area contributed by atoms with Gasteiger partial charge in [-0.2, -0.15) is 5.26 Å². The molecule has 0 aliphatic carbocycles. The Balaban J connectivity index is 1.39. The standard InChI is InChI=1S/C41H26N4O/c1-26-10-9-14-30(24-26)40-43-39(29-11-3-2-4-12-29)44-41(45-40)37-33(22-23-35-34-16-7-8-17-36(34)46-38(35)37)28-20-18-27(19-21-28)32-15-6-5-13-31(32)25-42/h2-24H,1H3. The molecule has 5 nitrogen and oxygen atoms in total. The van der Waals surface area contributed by atoms with E-state index in [1.54, 1.807) is 0 Å². The van der Waals surface area contributed by atoms with Crippen LogP contribution in [0.1, 0.15) is 11.1 Å². The van der Waals surface area contributed by atoms with Gasteiger partial charge in [0.15, 0.2) is 17.5 Å². The summed E-state index contributed by atoms with van der Waals surface area (Å²) in [5.74, 6) is 1.71. The molecule has 0 unspecified atom stereocenters. The first kappa shape index (κ1) is 27.2. The smallest absolute Gasteiger partial charge is 0.168 e. The van der Waals surface area contributed by atoms with Crippen molar-refractivity contribution in [3.05, 3.63) is 151 Å². The van der Waals surface area contributed by atoms with Crippen LogP contribution in [0.3, 0.4) is 0 Å². The molecule has 0 amide bonds. The number of nitriles is 1. The van der Waals surface area contributed by atoms with Crippen LogP contribution in [0.5, 0.6) is 0 Å². The largest absolute Gasteiger partial charge is 0.455 e. The number of para-hydroxylation sites is 1. The minimum Gasteiger partial charge on any atom is -0.455 e. The Morgan fingerprint density at radius 1 is 0.522 bits per heavy atom. The summed E-state index contributed by atoms with van der Waals surface area (Å²) in [6.45, 7) is 2.07. The maximum Gasteiger partial charge on any atom is 0.168 e. The average Bonchev–Trinajstić information content (AvgIpc) is 3.50. The van der Waals surface area contributed by atoms with Crippen LogP contribution in [0.4, 0.5) is 0 Å². The molecule has 0 spiro atoms. The fourth-order valence-corrected chi connectivity index (χ4v) is 6.03. The average molecular weight is 591 g/mol. The third-order valence-electron chi connectivity index (χ3n) is 8.27. The van der Waals surface area contributed by atoms with Crippen molar-refractivity contribution in [3.63, 3.8) is 0 Å². The molecule has 5 heteroatoms. The van der Waals surface area contributed by atoms with E-state index in [1.165, 1.54) is 0 Å². The SMILES string of the molecule is Cc1cccc(-c2nc(-c3ccccc3)nc(-c3c(-c4ccc(-c5ccccc5C#N)cc4)ccc4c3oc3ccccc34)n2)c1. The number of benzene rings is 6. The third-order valence-corrected chi connectivity index (χ3v) is 8.27. The van der Waals surface area contributed by atoms with Gasteiger partial charge in [-0.05, 0) is 53.4 Å². The lowest BCUT2D eigenvalue weighted by molar-refractivity contribution is 0.669. The Morgan fingerprint density at radius 2 is 1.17 bits per heavy atom. The van der Waals surface area contributed by atoms with Gasteiger partial charge in [0.2, 0.25) is 0 Å². The quantitative estimate of drug-likeness (QED) is 0.199.